The molecule has 0 unspecified atom stereocenters. The summed E-state index contributed by atoms with van der Waals surface area (Å²) < 4.78 is 54.4. The van der Waals surface area contributed by atoms with Crippen molar-refractivity contribution < 1.29 is 42.8 Å². The summed E-state index contributed by atoms with van der Waals surface area (Å²) in [6, 6.07) is 59.6. The Morgan fingerprint density at radius 3 is 1.27 bits per heavy atom. The third kappa shape index (κ3) is 16.6. The van der Waals surface area contributed by atoms with Crippen molar-refractivity contribution in [1.29, 1.82) is 0 Å². The number of nitrogen functional groups attached to an aromatic ring is 1. The van der Waals surface area contributed by atoms with Crippen LogP contribution < -0.4 is 21.7 Å². The van der Waals surface area contributed by atoms with Crippen LogP contribution in [-0.4, -0.2) is 66.7 Å². The van der Waals surface area contributed by atoms with Crippen LogP contribution in [0.1, 0.15) is 39.9 Å². The summed E-state index contributed by atoms with van der Waals surface area (Å²) >= 11 is 6.11. The van der Waals surface area contributed by atoms with Gasteiger partial charge in [0.15, 0.2) is 0 Å². The van der Waals surface area contributed by atoms with Crippen LogP contribution in [0.3, 0.4) is 0 Å². The number of anilines is 4. The number of nitrogens with two attached hydrogens (primary N) is 1. The van der Waals surface area contributed by atoms with Gasteiger partial charge in [0.2, 0.25) is 0 Å². The molecular formula is C73H60F4N8O5S4. The number of hydrogen-bond acceptors (Lipinski definition) is 16. The van der Waals surface area contributed by atoms with Crippen LogP contribution in [0.5, 0.6) is 23.0 Å². The average molecular weight is 1330 g/mol. The Morgan fingerprint density at radius 2 is 0.830 bits per heavy atom. The zero-order valence-corrected chi connectivity index (χ0v) is 53.6. The minimum Gasteiger partial charge on any atom is -0.508 e. The fourth-order valence-corrected chi connectivity index (χ4v) is 13.8. The van der Waals surface area contributed by atoms with Crippen molar-refractivity contribution in [3.05, 3.63) is 240 Å². The van der Waals surface area contributed by atoms with Gasteiger partial charge < -0.3 is 42.1 Å². The number of aromatic hydroxyl groups is 4. The molecule has 474 valence electrons. The zero-order chi connectivity index (χ0) is 65.7. The Bertz CT molecular complexity index is 4910. The summed E-state index contributed by atoms with van der Waals surface area (Å²) in [5.41, 5.74) is 20.1. The Labute approximate surface area is 553 Å². The third-order valence-corrected chi connectivity index (χ3v) is 19.0. The van der Waals surface area contributed by atoms with Crippen LogP contribution in [0.2, 0.25) is 0 Å². The van der Waals surface area contributed by atoms with E-state index in [1.54, 1.807) is 108 Å². The van der Waals surface area contributed by atoms with E-state index in [0.717, 1.165) is 111 Å². The molecule has 94 heavy (non-hydrogen) atoms. The van der Waals surface area contributed by atoms with Gasteiger partial charge in [-0.05, 0) is 236 Å². The van der Waals surface area contributed by atoms with Crippen LogP contribution in [0, 0.1) is 11.6 Å². The van der Waals surface area contributed by atoms with Gasteiger partial charge in [-0.15, -0.1) is 45.3 Å². The van der Waals surface area contributed by atoms with Crippen LogP contribution in [-0.2, 0) is 19.4 Å². The number of alkyl halides is 2. The van der Waals surface area contributed by atoms with Crippen molar-refractivity contribution in [3.63, 3.8) is 0 Å². The number of amides is 1. The van der Waals surface area contributed by atoms with Gasteiger partial charge >= 0.3 is 0 Å². The van der Waals surface area contributed by atoms with Crippen molar-refractivity contribution >= 4 is 115 Å². The quantitative estimate of drug-likeness (QED) is 0.0335. The summed E-state index contributed by atoms with van der Waals surface area (Å²) in [4.78, 5) is 30.5. The van der Waals surface area contributed by atoms with E-state index in [2.05, 4.69) is 42.0 Å². The number of phenols is 4. The van der Waals surface area contributed by atoms with E-state index in [0.29, 0.717) is 49.2 Å². The van der Waals surface area contributed by atoms with Crippen molar-refractivity contribution in [1.82, 2.24) is 19.9 Å². The second-order valence-electron chi connectivity index (χ2n) is 21.4. The number of halogens is 4. The van der Waals surface area contributed by atoms with Gasteiger partial charge in [0, 0.05) is 64.2 Å². The smallest absolute Gasteiger partial charge is 0.255 e. The summed E-state index contributed by atoms with van der Waals surface area (Å²) in [6.45, 7) is -0.0160. The van der Waals surface area contributed by atoms with Crippen molar-refractivity contribution in [2.24, 2.45) is 0 Å². The monoisotopic (exact) mass is 1330 g/mol. The first-order valence-corrected chi connectivity index (χ1v) is 32.9. The highest BCUT2D eigenvalue weighted by molar-refractivity contribution is 7.22. The highest BCUT2D eigenvalue weighted by Crippen LogP contribution is 2.38. The number of thiazole rings is 4. The number of aryl methyl sites for hydroxylation is 2. The van der Waals surface area contributed by atoms with E-state index >= 15 is 0 Å². The summed E-state index contributed by atoms with van der Waals surface area (Å²) in [5.74, 6) is 0.0469. The molecule has 9 N–H and O–H groups in total. The highest BCUT2D eigenvalue weighted by atomic mass is 32.1. The summed E-state index contributed by atoms with van der Waals surface area (Å²) in [5, 5.41) is 51.0. The normalized spacial score (nSPS) is 10.9. The lowest BCUT2D eigenvalue weighted by molar-refractivity contribution is 0.102. The lowest BCUT2D eigenvalue weighted by Crippen LogP contribution is -2.11. The van der Waals surface area contributed by atoms with Gasteiger partial charge in [0.25, 0.3) is 5.91 Å². The van der Waals surface area contributed by atoms with E-state index in [1.165, 1.54) is 59.1 Å². The summed E-state index contributed by atoms with van der Waals surface area (Å²) in [7, 11) is 1.87. The van der Waals surface area contributed by atoms with E-state index in [9.17, 15) is 42.8 Å². The number of nitrogens with zero attached hydrogens (tertiary/aromatic N) is 4. The molecule has 0 saturated heterocycles. The fraction of sp³-hybridized carbons (Fsp3) is 0.110. The highest BCUT2D eigenvalue weighted by Gasteiger charge is 2.14. The Kier molecular flexibility index (Phi) is 21.0. The molecule has 21 heteroatoms. The number of nitrogens with one attached hydrogen (secondary N) is 3. The standard InChI is InChI=1S/C20H13FN2O2S.C20H15FN2OS.C17H17FN2OS.C16H15FN2OS/c21-14-5-1-12(2-6-14)19(25)22-15-7-3-13(4-8-15)20-23-17-10-9-16(24)11-18(17)26-20;21-15-5-1-13(2-6-15)12-22-16-7-3-14(4-8-16)20-23-18-10-9-17(24)11-19(18)25-20;1-19-14-6-4-12(9-11(14)3-2-8-18)17-20-15-7-5-13(21)10-16(15)22-17;17-7-1-2-10-8-11(3-5-13(10)18)16-19-14-6-4-12(20)9-15(14)21-16/h1-11,24H,(H,22,25);1-11,22,24H,12H2;4-7,9-10,19,21H,2-3,8H2,1H3;3-6,8-9,20H,1-2,7,18H2. The molecule has 0 fully saturated rings. The zero-order valence-electron chi connectivity index (χ0n) is 50.3. The second kappa shape index (κ2) is 30.3. The van der Waals surface area contributed by atoms with Crippen LogP contribution in [0.15, 0.2) is 206 Å². The molecule has 0 bridgehead atoms. The molecule has 0 atom stereocenters. The van der Waals surface area contributed by atoms with E-state index in [1.807, 2.05) is 85.9 Å². The number of hydrogen-bond donors (Lipinski definition) is 8. The minimum absolute atomic E-state index is 0.214. The number of rotatable bonds is 16. The molecular weight excluding hydrogens is 1270 g/mol. The van der Waals surface area contributed by atoms with Crippen LogP contribution in [0.25, 0.3) is 83.2 Å². The topological polar surface area (TPSA) is 212 Å². The molecule has 0 aliphatic heterocycles. The maximum Gasteiger partial charge on any atom is 0.255 e. The SMILES string of the molecule is CNc1ccc(-c2nc3ccc(O)cc3s2)cc1CCCF.Nc1ccc(-c2nc3ccc(O)cc3s2)cc1CCCF.O=C(Nc1ccc(-c2nc3ccc(O)cc3s2)cc1)c1ccc(F)cc1.Oc1ccc2nc(-c3ccc(NCc4ccc(F)cc4)cc3)sc2c1. The number of phenolic OH excluding ortho intramolecular Hbond substituents is 4. The minimum atomic E-state index is -0.380. The van der Waals surface area contributed by atoms with Gasteiger partial charge in [-0.3, -0.25) is 13.6 Å². The molecule has 4 heterocycles. The van der Waals surface area contributed by atoms with E-state index in [-0.39, 0.29) is 53.9 Å². The van der Waals surface area contributed by atoms with E-state index < -0.39 is 0 Å². The molecule has 14 rings (SSSR count). The largest absolute Gasteiger partial charge is 0.508 e. The maximum absolute atomic E-state index is 12.9. The third-order valence-electron chi connectivity index (χ3n) is 14.7. The molecule has 0 radical (unpaired) electrons. The molecule has 1 amide bonds. The van der Waals surface area contributed by atoms with Gasteiger partial charge in [0.1, 0.15) is 54.7 Å². The summed E-state index contributed by atoms with van der Waals surface area (Å²) in [6.07, 6.45) is 2.32. The van der Waals surface area contributed by atoms with Gasteiger partial charge in [-0.25, -0.2) is 28.7 Å². The van der Waals surface area contributed by atoms with Crippen LogP contribution in [0.4, 0.5) is 40.3 Å². The van der Waals surface area contributed by atoms with Gasteiger partial charge in [0.05, 0.1) is 54.2 Å². The Morgan fingerprint density at radius 1 is 0.447 bits per heavy atom. The average Bonchev–Trinajstić information content (AvgIpc) is 1.76. The number of carbonyl (C=O) groups is 1. The molecule has 0 aliphatic rings. The molecule has 14 aromatic rings. The number of carbonyl (C=O) groups excluding carboxylic acids is 1. The van der Waals surface area contributed by atoms with Gasteiger partial charge in [-0.2, -0.15) is 0 Å². The number of aromatic nitrogens is 4. The van der Waals surface area contributed by atoms with E-state index in [4.69, 9.17) is 5.73 Å². The fourth-order valence-electron chi connectivity index (χ4n) is 9.83. The lowest BCUT2D eigenvalue weighted by Gasteiger charge is -2.10. The van der Waals surface area contributed by atoms with Crippen molar-refractivity contribution in [2.75, 3.05) is 42.1 Å². The van der Waals surface area contributed by atoms with Crippen LogP contribution >= 0.6 is 45.3 Å². The first-order chi connectivity index (χ1) is 45.6. The molecule has 13 nitrogen and oxygen atoms in total. The first kappa shape index (κ1) is 65.1. The number of benzene rings is 10. The Hall–Kier alpha value is -10.5. The predicted octanol–water partition coefficient (Wildman–Crippen LogP) is 19.2. The molecule has 0 aliphatic carbocycles. The Balaban J connectivity index is 0.000000128. The lowest BCUT2D eigenvalue weighted by atomic mass is 10.0. The first-order valence-electron chi connectivity index (χ1n) is 29.6. The molecule has 4 aromatic heterocycles. The second-order valence-corrected chi connectivity index (χ2v) is 25.5. The van der Waals surface area contributed by atoms with Gasteiger partial charge in [-0.1, -0.05) is 12.1 Å². The van der Waals surface area contributed by atoms with Crippen molar-refractivity contribution in [2.45, 2.75) is 32.2 Å². The molecule has 0 saturated carbocycles. The number of fused-ring (bicyclic) bond motifs is 4. The maximum atomic E-state index is 12.9. The molecule has 10 aromatic carbocycles. The van der Waals surface area contributed by atoms with Crippen molar-refractivity contribution in [3.8, 4) is 65.3 Å². The molecule has 0 spiro atoms. The predicted molar refractivity (Wildman–Crippen MR) is 378 cm³/mol.